The molecule has 1 aromatic heterocycles. The highest BCUT2D eigenvalue weighted by atomic mass is 35.5. The van der Waals surface area contributed by atoms with Crippen molar-refractivity contribution in [3.05, 3.63) is 16.1 Å². The predicted molar refractivity (Wildman–Crippen MR) is 79.6 cm³/mol. The van der Waals surface area contributed by atoms with E-state index in [2.05, 4.69) is 31.5 Å². The highest BCUT2D eigenvalue weighted by Gasteiger charge is 2.20. The molecule has 102 valence electrons. The number of alkyl halides is 1. The molecular weight excluding hydrogens is 264 g/mol. The van der Waals surface area contributed by atoms with Crippen LogP contribution in [0.4, 0.5) is 0 Å². The van der Waals surface area contributed by atoms with E-state index in [0.717, 1.165) is 19.4 Å². The average Bonchev–Trinajstić information content (AvgIpc) is 2.77. The Morgan fingerprint density at radius 3 is 2.56 bits per heavy atom. The Labute approximate surface area is 119 Å². The molecule has 0 aliphatic heterocycles. The van der Waals surface area contributed by atoms with Crippen LogP contribution < -0.4 is 5.32 Å². The van der Waals surface area contributed by atoms with Crippen LogP contribution in [-0.2, 0) is 12.0 Å². The molecule has 0 atom stereocenters. The topological polar surface area (TPSA) is 24.9 Å². The van der Waals surface area contributed by atoms with Crippen LogP contribution in [0.25, 0.3) is 0 Å². The molecule has 1 fully saturated rings. The number of nitrogens with zero attached hydrogens (tertiary/aromatic N) is 1. The number of nitrogens with one attached hydrogen (secondary N) is 1. The van der Waals surface area contributed by atoms with Gasteiger partial charge in [-0.2, -0.15) is 0 Å². The lowest BCUT2D eigenvalue weighted by atomic mass is 9.93. The second kappa shape index (κ2) is 5.89. The lowest BCUT2D eigenvalue weighted by molar-refractivity contribution is 0.375. The molecule has 18 heavy (non-hydrogen) atoms. The third kappa shape index (κ3) is 3.94. The first kappa shape index (κ1) is 14.3. The molecule has 4 heteroatoms. The number of halogens is 1. The van der Waals surface area contributed by atoms with Crippen molar-refractivity contribution >= 4 is 22.9 Å². The minimum atomic E-state index is 0.158. The third-order valence-corrected chi connectivity index (χ3v) is 4.80. The van der Waals surface area contributed by atoms with Crippen LogP contribution in [0.1, 0.15) is 57.2 Å². The van der Waals surface area contributed by atoms with Gasteiger partial charge >= 0.3 is 0 Å². The quantitative estimate of drug-likeness (QED) is 0.847. The van der Waals surface area contributed by atoms with Gasteiger partial charge in [-0.25, -0.2) is 4.98 Å². The van der Waals surface area contributed by atoms with Crippen molar-refractivity contribution in [1.82, 2.24) is 10.3 Å². The van der Waals surface area contributed by atoms with Gasteiger partial charge in [0.1, 0.15) is 5.01 Å². The van der Waals surface area contributed by atoms with Crippen molar-refractivity contribution in [1.29, 1.82) is 0 Å². The fourth-order valence-electron chi connectivity index (χ4n) is 2.23. The monoisotopic (exact) mass is 286 g/mol. The summed E-state index contributed by atoms with van der Waals surface area (Å²) in [5.41, 5.74) is 1.36. The van der Waals surface area contributed by atoms with Crippen molar-refractivity contribution in [3.8, 4) is 0 Å². The summed E-state index contributed by atoms with van der Waals surface area (Å²) in [6.07, 6.45) is 4.69. The molecule has 0 radical (unpaired) electrons. The Morgan fingerprint density at radius 1 is 1.33 bits per heavy atom. The van der Waals surface area contributed by atoms with Gasteiger partial charge in [0.2, 0.25) is 0 Å². The molecule has 0 saturated heterocycles. The summed E-state index contributed by atoms with van der Waals surface area (Å²) in [6.45, 7) is 7.53. The van der Waals surface area contributed by atoms with E-state index in [1.54, 1.807) is 11.3 Å². The van der Waals surface area contributed by atoms with E-state index in [9.17, 15) is 0 Å². The largest absolute Gasteiger partial charge is 0.308 e. The average molecular weight is 287 g/mol. The minimum absolute atomic E-state index is 0.158. The standard InChI is InChI=1S/C14H23ClN2S/c1-14(2,3)12-9-18-13(17-12)8-16-11-6-4-10(15)5-7-11/h9-11,16H,4-8H2,1-3H3. The van der Waals surface area contributed by atoms with Gasteiger partial charge in [0.05, 0.1) is 5.69 Å². The Bertz CT molecular complexity index is 375. The molecule has 1 aliphatic rings. The Balaban J connectivity index is 1.82. The maximum atomic E-state index is 6.11. The highest BCUT2D eigenvalue weighted by molar-refractivity contribution is 7.09. The van der Waals surface area contributed by atoms with Crippen LogP contribution in [-0.4, -0.2) is 16.4 Å². The molecule has 0 aromatic carbocycles. The van der Waals surface area contributed by atoms with Gasteiger partial charge in [-0.3, -0.25) is 0 Å². The molecule has 0 unspecified atom stereocenters. The lowest BCUT2D eigenvalue weighted by Gasteiger charge is -2.25. The SMILES string of the molecule is CC(C)(C)c1csc(CNC2CCC(Cl)CC2)n1. The Kier molecular flexibility index (Phi) is 4.68. The molecule has 1 N–H and O–H groups in total. The van der Waals surface area contributed by atoms with E-state index < -0.39 is 0 Å². The summed E-state index contributed by atoms with van der Waals surface area (Å²) in [5, 5.41) is 7.40. The van der Waals surface area contributed by atoms with E-state index in [4.69, 9.17) is 16.6 Å². The number of hydrogen-bond donors (Lipinski definition) is 1. The van der Waals surface area contributed by atoms with Crippen LogP contribution in [0.2, 0.25) is 0 Å². The van der Waals surface area contributed by atoms with Crippen molar-refractivity contribution in [2.24, 2.45) is 0 Å². The first-order chi connectivity index (χ1) is 8.45. The summed E-state index contributed by atoms with van der Waals surface area (Å²) in [4.78, 5) is 4.71. The van der Waals surface area contributed by atoms with E-state index in [-0.39, 0.29) is 5.41 Å². The maximum Gasteiger partial charge on any atom is 0.107 e. The highest BCUT2D eigenvalue weighted by Crippen LogP contribution is 2.25. The van der Waals surface area contributed by atoms with E-state index in [1.807, 2.05) is 0 Å². The van der Waals surface area contributed by atoms with Crippen LogP contribution in [0, 0.1) is 0 Å². The van der Waals surface area contributed by atoms with Gasteiger partial charge in [-0.1, -0.05) is 20.8 Å². The Hall–Kier alpha value is -0.120. The number of thiazole rings is 1. The molecular formula is C14H23ClN2S. The fraction of sp³-hybridized carbons (Fsp3) is 0.786. The summed E-state index contributed by atoms with van der Waals surface area (Å²) in [7, 11) is 0. The molecule has 2 rings (SSSR count). The molecule has 2 nitrogen and oxygen atoms in total. The van der Waals surface area contributed by atoms with E-state index >= 15 is 0 Å². The van der Waals surface area contributed by atoms with Crippen molar-refractivity contribution in [2.75, 3.05) is 0 Å². The normalized spacial score (nSPS) is 25.3. The molecule has 1 aliphatic carbocycles. The first-order valence-corrected chi connectivity index (χ1v) is 8.09. The smallest absolute Gasteiger partial charge is 0.107 e. The van der Waals surface area contributed by atoms with Crippen LogP contribution in [0.5, 0.6) is 0 Å². The molecule has 0 bridgehead atoms. The molecule has 0 spiro atoms. The predicted octanol–water partition coefficient (Wildman–Crippen LogP) is 4.08. The van der Waals surface area contributed by atoms with Gasteiger partial charge in [0.15, 0.2) is 0 Å². The number of aromatic nitrogens is 1. The minimum Gasteiger partial charge on any atom is -0.308 e. The van der Waals surface area contributed by atoms with Crippen molar-refractivity contribution < 1.29 is 0 Å². The first-order valence-electron chi connectivity index (χ1n) is 6.77. The Morgan fingerprint density at radius 2 is 2.00 bits per heavy atom. The van der Waals surface area contributed by atoms with Gasteiger partial charge in [0.25, 0.3) is 0 Å². The second-order valence-corrected chi connectivity index (χ2v) is 7.77. The summed E-state index contributed by atoms with van der Waals surface area (Å²) >= 11 is 7.88. The summed E-state index contributed by atoms with van der Waals surface area (Å²) in [6, 6.07) is 0.627. The fourth-order valence-corrected chi connectivity index (χ4v) is 3.45. The zero-order chi connectivity index (χ0) is 13.2. The molecule has 1 aromatic rings. The van der Waals surface area contributed by atoms with Crippen molar-refractivity contribution in [3.63, 3.8) is 0 Å². The summed E-state index contributed by atoms with van der Waals surface area (Å²) < 4.78 is 0. The lowest BCUT2D eigenvalue weighted by Crippen LogP contribution is -2.33. The van der Waals surface area contributed by atoms with Gasteiger partial charge in [-0.15, -0.1) is 22.9 Å². The van der Waals surface area contributed by atoms with E-state index in [1.165, 1.54) is 23.5 Å². The van der Waals surface area contributed by atoms with Crippen LogP contribution >= 0.6 is 22.9 Å². The van der Waals surface area contributed by atoms with Gasteiger partial charge < -0.3 is 5.32 Å². The number of rotatable bonds is 3. The zero-order valence-electron chi connectivity index (χ0n) is 11.5. The molecule has 0 amide bonds. The van der Waals surface area contributed by atoms with Gasteiger partial charge in [-0.05, 0) is 25.7 Å². The van der Waals surface area contributed by atoms with Gasteiger partial charge in [0, 0.05) is 28.8 Å². The molecule has 1 saturated carbocycles. The van der Waals surface area contributed by atoms with Crippen LogP contribution in [0.3, 0.4) is 0 Å². The maximum absolute atomic E-state index is 6.11. The van der Waals surface area contributed by atoms with Crippen LogP contribution in [0.15, 0.2) is 5.38 Å². The molecule has 1 heterocycles. The third-order valence-electron chi connectivity index (χ3n) is 3.52. The second-order valence-electron chi connectivity index (χ2n) is 6.21. The zero-order valence-corrected chi connectivity index (χ0v) is 13.1. The van der Waals surface area contributed by atoms with Crippen molar-refractivity contribution in [2.45, 2.75) is 69.8 Å². The van der Waals surface area contributed by atoms with E-state index in [0.29, 0.717) is 11.4 Å². The summed E-state index contributed by atoms with van der Waals surface area (Å²) in [5.74, 6) is 0. The number of hydrogen-bond acceptors (Lipinski definition) is 3.